The van der Waals surface area contributed by atoms with Crippen LogP contribution in [0.4, 0.5) is 0 Å². The first-order valence-corrected chi connectivity index (χ1v) is 2.01. The van der Waals surface area contributed by atoms with E-state index < -0.39 is 0 Å². The molecule has 2 nitrogen and oxygen atoms in total. The molecular weight excluding hydrogens is 99.0 g/mol. The molecule has 0 aliphatic heterocycles. The zero-order chi connectivity index (χ0) is 5.70. The van der Waals surface area contributed by atoms with Crippen molar-refractivity contribution in [2.24, 2.45) is 0 Å². The summed E-state index contributed by atoms with van der Waals surface area (Å²) in [5.74, 6) is -0.264. The Morgan fingerprint density at radius 2 is 2.38 bits per heavy atom. The van der Waals surface area contributed by atoms with Crippen molar-refractivity contribution in [1.29, 1.82) is 0 Å². The van der Waals surface area contributed by atoms with E-state index in [1.165, 1.54) is 13.0 Å². The van der Waals surface area contributed by atoms with E-state index in [-0.39, 0.29) is 24.8 Å². The van der Waals surface area contributed by atoms with Gasteiger partial charge in [-0.3, -0.25) is 4.79 Å². The summed E-state index contributed by atoms with van der Waals surface area (Å²) >= 11 is 0. The molecule has 0 aromatic carbocycles. The van der Waals surface area contributed by atoms with Crippen LogP contribution in [0.5, 0.6) is 0 Å². The van der Waals surface area contributed by atoms with Crippen LogP contribution in [-0.2, 0) is 9.53 Å². The van der Waals surface area contributed by atoms with Crippen LogP contribution in [0.25, 0.3) is 0 Å². The van der Waals surface area contributed by atoms with Crippen LogP contribution < -0.4 is 0 Å². The number of hydrogen-bond donors (Lipinski definition) is 0. The summed E-state index contributed by atoms with van der Waals surface area (Å²) in [6, 6.07) is 0. The Bertz CT molecular complexity index is 80.5. The van der Waals surface area contributed by atoms with Gasteiger partial charge in [-0.05, 0) is 0 Å². The predicted molar refractivity (Wildman–Crippen MR) is 32.6 cm³/mol. The van der Waals surface area contributed by atoms with Gasteiger partial charge in [0.05, 0.1) is 0 Å². The summed E-state index contributed by atoms with van der Waals surface area (Å²) in [6.07, 6.45) is 1.53. The van der Waals surface area contributed by atoms with E-state index in [0.717, 1.165) is 0 Å². The Balaban J connectivity index is 0. The summed E-state index contributed by atoms with van der Waals surface area (Å²) in [5, 5.41) is 0. The second kappa shape index (κ2) is 6.81. The molecule has 41 valence electrons. The molecule has 0 aliphatic rings. The molecule has 0 rings (SSSR count). The van der Waals surface area contributed by atoms with E-state index in [1.54, 1.807) is 0 Å². The van der Waals surface area contributed by atoms with Gasteiger partial charge in [0.15, 0.2) is 0 Å². The SMILES string of the molecule is C=CCOC(C)=O.[Li]. The van der Waals surface area contributed by atoms with Crippen molar-refractivity contribution in [3.05, 3.63) is 12.7 Å². The van der Waals surface area contributed by atoms with Crippen molar-refractivity contribution in [2.45, 2.75) is 6.92 Å². The van der Waals surface area contributed by atoms with Crippen LogP contribution in [0, 0.1) is 0 Å². The Morgan fingerprint density at radius 1 is 1.88 bits per heavy atom. The van der Waals surface area contributed by atoms with E-state index >= 15 is 0 Å². The minimum absolute atomic E-state index is 0. The molecule has 0 saturated carbocycles. The van der Waals surface area contributed by atoms with Crippen molar-refractivity contribution in [3.63, 3.8) is 0 Å². The van der Waals surface area contributed by atoms with E-state index in [2.05, 4.69) is 11.3 Å². The Kier molecular flexibility index (Phi) is 9.13. The first-order chi connectivity index (χ1) is 3.27. The van der Waals surface area contributed by atoms with Crippen molar-refractivity contribution in [3.8, 4) is 0 Å². The maximum Gasteiger partial charge on any atom is 0.302 e. The smallest absolute Gasteiger partial charge is 0.302 e. The Hall–Kier alpha value is -0.193. The average Bonchev–Trinajstić information content (AvgIpc) is 1.61. The second-order valence-electron chi connectivity index (χ2n) is 1.09. The van der Waals surface area contributed by atoms with Crippen LogP contribution in [0.15, 0.2) is 12.7 Å². The van der Waals surface area contributed by atoms with Gasteiger partial charge in [-0.25, -0.2) is 0 Å². The average molecular weight is 107 g/mol. The minimum atomic E-state index is -0.264. The van der Waals surface area contributed by atoms with Crippen LogP contribution in [-0.4, -0.2) is 31.4 Å². The van der Waals surface area contributed by atoms with Gasteiger partial charge in [0.2, 0.25) is 0 Å². The Labute approximate surface area is 61.1 Å². The molecule has 0 saturated heterocycles. The fourth-order valence-electron chi connectivity index (χ4n) is 0.176. The van der Waals surface area contributed by atoms with Crippen molar-refractivity contribution < 1.29 is 9.53 Å². The van der Waals surface area contributed by atoms with Crippen molar-refractivity contribution in [1.82, 2.24) is 0 Å². The summed E-state index contributed by atoms with van der Waals surface area (Å²) in [6.45, 7) is 5.03. The summed E-state index contributed by atoms with van der Waals surface area (Å²) in [7, 11) is 0. The quantitative estimate of drug-likeness (QED) is 0.289. The number of carbonyl (C=O) groups excluding carboxylic acids is 1. The second-order valence-corrected chi connectivity index (χ2v) is 1.09. The van der Waals surface area contributed by atoms with Gasteiger partial charge in [0, 0.05) is 25.8 Å². The van der Waals surface area contributed by atoms with Crippen molar-refractivity contribution in [2.75, 3.05) is 6.61 Å². The maximum atomic E-state index is 9.93. The standard InChI is InChI=1S/C5H8O2.Li/c1-3-4-7-5(2)6;/h3H,1,4H2,2H3;. The number of carbonyl (C=O) groups is 1. The molecule has 0 aromatic heterocycles. The molecule has 0 heterocycles. The third-order valence-electron chi connectivity index (χ3n) is 0.404. The molecule has 0 N–H and O–H groups in total. The van der Waals surface area contributed by atoms with E-state index in [0.29, 0.717) is 6.61 Å². The number of rotatable bonds is 2. The van der Waals surface area contributed by atoms with Gasteiger partial charge in [0.1, 0.15) is 6.61 Å². The van der Waals surface area contributed by atoms with Crippen LogP contribution in [0.2, 0.25) is 0 Å². The van der Waals surface area contributed by atoms with Gasteiger partial charge >= 0.3 is 5.97 Å². The first-order valence-electron chi connectivity index (χ1n) is 2.01. The van der Waals surface area contributed by atoms with Crippen LogP contribution in [0.3, 0.4) is 0 Å². The molecular formula is C5H8LiO2. The Morgan fingerprint density at radius 3 is 2.50 bits per heavy atom. The van der Waals surface area contributed by atoms with E-state index in [9.17, 15) is 4.79 Å². The molecule has 0 aromatic rings. The van der Waals surface area contributed by atoms with Gasteiger partial charge in [0.25, 0.3) is 0 Å². The first kappa shape index (κ1) is 10.7. The minimum Gasteiger partial charge on any atom is -0.462 e. The number of esters is 1. The van der Waals surface area contributed by atoms with E-state index in [1.807, 2.05) is 0 Å². The fourth-order valence-corrected chi connectivity index (χ4v) is 0.176. The molecule has 0 aliphatic carbocycles. The van der Waals surface area contributed by atoms with E-state index in [4.69, 9.17) is 0 Å². The molecule has 0 unspecified atom stereocenters. The predicted octanol–water partition coefficient (Wildman–Crippen LogP) is 0.355. The monoisotopic (exact) mass is 107 g/mol. The van der Waals surface area contributed by atoms with Crippen molar-refractivity contribution >= 4 is 24.8 Å². The topological polar surface area (TPSA) is 26.3 Å². The fraction of sp³-hybridized carbons (Fsp3) is 0.400. The zero-order valence-electron chi connectivity index (χ0n) is 5.31. The zero-order valence-corrected chi connectivity index (χ0v) is 5.31. The van der Waals surface area contributed by atoms with Gasteiger partial charge in [-0.1, -0.05) is 12.7 Å². The number of hydrogen-bond acceptors (Lipinski definition) is 2. The molecule has 0 spiro atoms. The third-order valence-corrected chi connectivity index (χ3v) is 0.404. The van der Waals surface area contributed by atoms with Gasteiger partial charge in [-0.15, -0.1) is 0 Å². The molecule has 3 heteroatoms. The molecule has 0 fully saturated rings. The molecule has 1 radical (unpaired) electrons. The third kappa shape index (κ3) is 9.26. The van der Waals surface area contributed by atoms with Gasteiger partial charge < -0.3 is 4.74 Å². The molecule has 0 bridgehead atoms. The molecule has 0 atom stereocenters. The maximum absolute atomic E-state index is 9.93. The summed E-state index contributed by atoms with van der Waals surface area (Å²) < 4.78 is 4.43. The molecule has 0 amide bonds. The number of ether oxygens (including phenoxy) is 1. The van der Waals surface area contributed by atoms with Gasteiger partial charge in [-0.2, -0.15) is 0 Å². The van der Waals surface area contributed by atoms with Crippen LogP contribution in [0.1, 0.15) is 6.92 Å². The molecule has 8 heavy (non-hydrogen) atoms. The van der Waals surface area contributed by atoms with Crippen LogP contribution >= 0.6 is 0 Å². The normalized spacial score (nSPS) is 6.62. The summed E-state index contributed by atoms with van der Waals surface area (Å²) in [4.78, 5) is 9.93. The largest absolute Gasteiger partial charge is 0.462 e. The summed E-state index contributed by atoms with van der Waals surface area (Å²) in [5.41, 5.74) is 0.